The highest BCUT2D eigenvalue weighted by Gasteiger charge is 2.33. The van der Waals surface area contributed by atoms with Crippen molar-refractivity contribution in [1.29, 1.82) is 5.26 Å². The third-order valence-electron chi connectivity index (χ3n) is 5.63. The summed E-state index contributed by atoms with van der Waals surface area (Å²) in [4.78, 5) is 10.6. The molecule has 1 aromatic heterocycles. The van der Waals surface area contributed by atoms with Crippen molar-refractivity contribution in [3.05, 3.63) is 51.8 Å². The van der Waals surface area contributed by atoms with Crippen LogP contribution in [0, 0.1) is 41.7 Å². The maximum atomic E-state index is 13.5. The summed E-state index contributed by atoms with van der Waals surface area (Å²) in [7, 11) is -3.36. The van der Waals surface area contributed by atoms with Gasteiger partial charge in [0.25, 0.3) is 0 Å². The Morgan fingerprint density at radius 2 is 2.03 bits per heavy atom. The molecular formula is C22H26F2N4O4S. The average molecular weight is 481 g/mol. The van der Waals surface area contributed by atoms with E-state index in [1.165, 1.54) is 4.31 Å². The van der Waals surface area contributed by atoms with Gasteiger partial charge in [-0.3, -0.25) is 0 Å². The average Bonchev–Trinajstić information content (AvgIpc) is 3.17. The van der Waals surface area contributed by atoms with Crippen LogP contribution >= 0.6 is 0 Å². The molecule has 8 nitrogen and oxygen atoms in total. The van der Waals surface area contributed by atoms with Crippen molar-refractivity contribution in [3.63, 3.8) is 0 Å². The summed E-state index contributed by atoms with van der Waals surface area (Å²) in [5, 5.41) is 14.4. The van der Waals surface area contributed by atoms with Crippen molar-refractivity contribution in [2.45, 2.75) is 57.5 Å². The van der Waals surface area contributed by atoms with Gasteiger partial charge >= 0.3 is 5.76 Å². The van der Waals surface area contributed by atoms with E-state index in [9.17, 15) is 22.0 Å². The summed E-state index contributed by atoms with van der Waals surface area (Å²) >= 11 is 0. The molecule has 0 amide bonds. The molecule has 2 heterocycles. The summed E-state index contributed by atoms with van der Waals surface area (Å²) in [5.41, 5.74) is 0.0762. The number of rotatable bonds is 4. The lowest BCUT2D eigenvalue weighted by Gasteiger charge is -2.32. The number of aromatic amines is 1. The second kappa shape index (κ2) is 11.7. The first-order valence-corrected chi connectivity index (χ1v) is 12.0. The van der Waals surface area contributed by atoms with E-state index in [1.807, 2.05) is 0 Å². The van der Waals surface area contributed by atoms with E-state index in [0.29, 0.717) is 24.7 Å². The van der Waals surface area contributed by atoms with Crippen molar-refractivity contribution in [2.75, 3.05) is 5.75 Å². The van der Waals surface area contributed by atoms with Crippen LogP contribution < -0.4 is 5.76 Å². The lowest BCUT2D eigenvalue weighted by Crippen LogP contribution is -2.43. The maximum Gasteiger partial charge on any atom is 0.434 e. The van der Waals surface area contributed by atoms with Crippen molar-refractivity contribution in [1.82, 2.24) is 14.5 Å². The Bertz CT molecular complexity index is 1150. The zero-order valence-corrected chi connectivity index (χ0v) is 19.0. The Morgan fingerprint density at radius 3 is 2.61 bits per heavy atom. The second-order valence-corrected chi connectivity index (χ2v) is 9.98. The molecule has 33 heavy (non-hydrogen) atoms. The number of H-pyrrole nitrogens is 1. The monoisotopic (exact) mass is 480 g/mol. The van der Waals surface area contributed by atoms with Gasteiger partial charge in [0.15, 0.2) is 0 Å². The molecule has 0 unspecified atom stereocenters. The van der Waals surface area contributed by atoms with Gasteiger partial charge < -0.3 is 4.42 Å². The standard InChI is InChI=1S/C12H15F2NO2S.C8H9N3O2.C2H2/c1-9-3-2-6-18(16,17)15(9)8-10-7-11(13)4-5-12(10)14;9-2-1-5-3-6(4-5)7-10-11-8(12)13-7;1-2/h4-5,7,9H,2-3,6,8H2,1H3;5-6H,1,3-4H2,(H,11,12);1-2H/t9-;;/m0../s1. The van der Waals surface area contributed by atoms with E-state index >= 15 is 0 Å². The lowest BCUT2D eigenvalue weighted by atomic mass is 9.73. The van der Waals surface area contributed by atoms with Gasteiger partial charge in [0, 0.05) is 30.5 Å². The number of hydrogen-bond donors (Lipinski definition) is 1. The minimum Gasteiger partial charge on any atom is -0.392 e. The number of nitrogens with zero attached hydrogens (tertiary/aromatic N) is 3. The molecule has 1 saturated heterocycles. The molecule has 0 bridgehead atoms. The quantitative estimate of drug-likeness (QED) is 0.671. The molecule has 1 saturated carbocycles. The predicted octanol–water partition coefficient (Wildman–Crippen LogP) is 3.30. The van der Waals surface area contributed by atoms with Gasteiger partial charge in [0.05, 0.1) is 11.8 Å². The van der Waals surface area contributed by atoms with Crippen LogP contribution in [0.3, 0.4) is 0 Å². The van der Waals surface area contributed by atoms with Crippen LogP contribution in [0.2, 0.25) is 0 Å². The van der Waals surface area contributed by atoms with E-state index in [-0.39, 0.29) is 29.8 Å². The van der Waals surface area contributed by atoms with Crippen molar-refractivity contribution < 1.29 is 21.6 Å². The van der Waals surface area contributed by atoms with Gasteiger partial charge in [-0.25, -0.2) is 27.1 Å². The van der Waals surface area contributed by atoms with Crippen LogP contribution in [0.15, 0.2) is 27.4 Å². The highest BCUT2D eigenvalue weighted by Crippen LogP contribution is 2.41. The molecule has 1 aromatic carbocycles. The van der Waals surface area contributed by atoms with E-state index in [2.05, 4.69) is 29.1 Å². The minimum atomic E-state index is -3.36. The lowest BCUT2D eigenvalue weighted by molar-refractivity contribution is 0.228. The maximum absolute atomic E-state index is 13.5. The minimum absolute atomic E-state index is 0.0762. The summed E-state index contributed by atoms with van der Waals surface area (Å²) in [6, 6.07) is 5.04. The first kappa shape index (κ1) is 26.2. The molecule has 2 fully saturated rings. The van der Waals surface area contributed by atoms with Crippen LogP contribution in [-0.2, 0) is 16.6 Å². The number of benzene rings is 1. The van der Waals surface area contributed by atoms with Crippen molar-refractivity contribution in [2.24, 2.45) is 5.92 Å². The van der Waals surface area contributed by atoms with Gasteiger partial charge in [-0.15, -0.1) is 17.9 Å². The predicted molar refractivity (Wildman–Crippen MR) is 117 cm³/mol. The first-order valence-electron chi connectivity index (χ1n) is 10.4. The second-order valence-electron chi connectivity index (χ2n) is 7.94. The molecule has 1 N–H and O–H groups in total. The first-order chi connectivity index (χ1) is 15.7. The third-order valence-corrected chi connectivity index (χ3v) is 7.63. The van der Waals surface area contributed by atoms with Crippen LogP contribution in [-0.4, -0.2) is 34.7 Å². The topological polar surface area (TPSA) is 120 Å². The highest BCUT2D eigenvalue weighted by atomic mass is 32.2. The third kappa shape index (κ3) is 6.98. The van der Waals surface area contributed by atoms with Crippen LogP contribution in [0.1, 0.15) is 56.4 Å². The molecule has 1 aliphatic heterocycles. The molecule has 1 atom stereocenters. The molecular weight excluding hydrogens is 454 g/mol. The van der Waals surface area contributed by atoms with Crippen LogP contribution in [0.5, 0.6) is 0 Å². The fourth-order valence-corrected chi connectivity index (χ4v) is 5.59. The van der Waals surface area contributed by atoms with Crippen molar-refractivity contribution in [3.8, 4) is 18.9 Å². The smallest absolute Gasteiger partial charge is 0.392 e. The van der Waals surface area contributed by atoms with E-state index < -0.39 is 27.4 Å². The van der Waals surface area contributed by atoms with Gasteiger partial charge in [0.1, 0.15) is 11.6 Å². The van der Waals surface area contributed by atoms with E-state index in [0.717, 1.165) is 37.5 Å². The van der Waals surface area contributed by atoms with Crippen molar-refractivity contribution >= 4 is 10.0 Å². The molecule has 2 aliphatic rings. The largest absolute Gasteiger partial charge is 0.434 e. The summed E-state index contributed by atoms with van der Waals surface area (Å²) in [6.45, 7) is 1.68. The number of aromatic nitrogens is 2. The normalized spacial score (nSPS) is 23.6. The summed E-state index contributed by atoms with van der Waals surface area (Å²) in [5.74, 6) is -0.390. The Kier molecular flexibility index (Phi) is 9.32. The molecule has 4 rings (SSSR count). The van der Waals surface area contributed by atoms with E-state index in [4.69, 9.17) is 9.68 Å². The number of nitriles is 1. The Labute approximate surface area is 191 Å². The Hall–Kier alpha value is -3.02. The Balaban J connectivity index is 0.000000227. The zero-order chi connectivity index (χ0) is 24.6. The molecule has 178 valence electrons. The number of sulfonamides is 1. The number of hydrogen-bond acceptors (Lipinski definition) is 6. The van der Waals surface area contributed by atoms with Gasteiger partial charge in [0.2, 0.25) is 15.9 Å². The number of terminal acetylenes is 1. The summed E-state index contributed by atoms with van der Waals surface area (Å²) < 4.78 is 56.4. The molecule has 11 heteroatoms. The van der Waals surface area contributed by atoms with Gasteiger partial charge in [-0.2, -0.15) is 9.57 Å². The highest BCUT2D eigenvalue weighted by molar-refractivity contribution is 7.89. The van der Waals surface area contributed by atoms with Crippen LogP contribution in [0.4, 0.5) is 8.78 Å². The Morgan fingerprint density at radius 1 is 1.33 bits per heavy atom. The summed E-state index contributed by atoms with van der Waals surface area (Å²) in [6.07, 6.45) is 11.8. The SMILES string of the molecule is C#C.C[C@H]1CCCS(=O)(=O)N1Cc1cc(F)ccc1F.N#CCC1CC(c2n[nH]c(=O)o2)C1. The van der Waals surface area contributed by atoms with Crippen LogP contribution in [0.25, 0.3) is 0 Å². The molecule has 0 radical (unpaired) electrons. The molecule has 1 aliphatic carbocycles. The fraction of sp³-hybridized carbons (Fsp3) is 0.500. The fourth-order valence-electron chi connectivity index (χ4n) is 3.83. The van der Waals surface area contributed by atoms with Gasteiger partial charge in [-0.05, 0) is 56.7 Å². The molecule has 2 aromatic rings. The number of nitrogens with one attached hydrogen (secondary N) is 1. The van der Waals surface area contributed by atoms with E-state index in [1.54, 1.807) is 6.92 Å². The van der Waals surface area contributed by atoms with Gasteiger partial charge in [-0.1, -0.05) is 0 Å². The zero-order valence-electron chi connectivity index (χ0n) is 18.2. The number of halogens is 2. The molecule has 0 spiro atoms.